The summed E-state index contributed by atoms with van der Waals surface area (Å²) in [6, 6.07) is 8.79. The molecule has 15 heavy (non-hydrogen) atoms. The van der Waals surface area contributed by atoms with Crippen LogP contribution >= 0.6 is 15.9 Å². The minimum absolute atomic E-state index is 0.773. The molecule has 0 spiro atoms. The molecule has 0 heterocycles. The van der Waals surface area contributed by atoms with Gasteiger partial charge in [-0.15, -0.1) is 0 Å². The van der Waals surface area contributed by atoms with Crippen molar-refractivity contribution in [3.63, 3.8) is 0 Å². The molecule has 1 aliphatic carbocycles. The second-order valence-electron chi connectivity index (χ2n) is 4.50. The van der Waals surface area contributed by atoms with E-state index in [0.717, 1.165) is 18.4 Å². The number of hydrogen-bond donors (Lipinski definition) is 1. The Kier molecular flexibility index (Phi) is 3.81. The van der Waals surface area contributed by atoms with Gasteiger partial charge in [0.2, 0.25) is 0 Å². The van der Waals surface area contributed by atoms with Gasteiger partial charge >= 0.3 is 0 Å². The van der Waals surface area contributed by atoms with Gasteiger partial charge in [0.25, 0.3) is 0 Å². The maximum absolute atomic E-state index is 5.61. The van der Waals surface area contributed by atoms with E-state index in [9.17, 15) is 0 Å². The van der Waals surface area contributed by atoms with Crippen LogP contribution in [0.15, 0.2) is 28.7 Å². The highest BCUT2D eigenvalue weighted by Crippen LogP contribution is 2.39. The maximum Gasteiger partial charge on any atom is 0.0175 e. The van der Waals surface area contributed by atoms with Crippen LogP contribution in [-0.4, -0.2) is 6.54 Å². The molecule has 0 bridgehead atoms. The summed E-state index contributed by atoms with van der Waals surface area (Å²) in [7, 11) is 0. The first-order chi connectivity index (χ1) is 7.29. The van der Waals surface area contributed by atoms with E-state index in [2.05, 4.69) is 40.2 Å². The van der Waals surface area contributed by atoms with Crippen LogP contribution in [0, 0.1) is 5.92 Å². The third kappa shape index (κ3) is 2.82. The summed E-state index contributed by atoms with van der Waals surface area (Å²) in [5.41, 5.74) is 7.10. The molecule has 0 aromatic heterocycles. The van der Waals surface area contributed by atoms with E-state index in [1.54, 1.807) is 0 Å². The SMILES string of the molecule is NCCC1CCC(c2ccc(Br)cc2)C1. The van der Waals surface area contributed by atoms with Crippen molar-refractivity contribution in [1.29, 1.82) is 0 Å². The molecule has 2 unspecified atom stereocenters. The first kappa shape index (κ1) is 11.2. The Morgan fingerprint density at radius 2 is 1.93 bits per heavy atom. The van der Waals surface area contributed by atoms with Gasteiger partial charge in [-0.3, -0.25) is 0 Å². The van der Waals surface area contributed by atoms with Gasteiger partial charge in [-0.1, -0.05) is 28.1 Å². The molecule has 0 saturated heterocycles. The zero-order valence-corrected chi connectivity index (χ0v) is 10.5. The second-order valence-corrected chi connectivity index (χ2v) is 5.42. The lowest BCUT2D eigenvalue weighted by Crippen LogP contribution is -2.05. The van der Waals surface area contributed by atoms with Gasteiger partial charge in [-0.25, -0.2) is 0 Å². The lowest BCUT2D eigenvalue weighted by molar-refractivity contribution is 0.503. The second kappa shape index (κ2) is 5.13. The predicted octanol–water partition coefficient (Wildman–Crippen LogP) is 3.68. The van der Waals surface area contributed by atoms with Gasteiger partial charge in [-0.2, -0.15) is 0 Å². The van der Waals surface area contributed by atoms with Crippen molar-refractivity contribution < 1.29 is 0 Å². The number of halogens is 1. The van der Waals surface area contributed by atoms with Crippen LogP contribution in [0.5, 0.6) is 0 Å². The Morgan fingerprint density at radius 1 is 1.20 bits per heavy atom. The van der Waals surface area contributed by atoms with E-state index in [0.29, 0.717) is 0 Å². The lowest BCUT2D eigenvalue weighted by atomic mass is 9.95. The first-order valence-electron chi connectivity index (χ1n) is 5.75. The van der Waals surface area contributed by atoms with E-state index in [4.69, 9.17) is 5.73 Å². The molecule has 1 nitrogen and oxygen atoms in total. The monoisotopic (exact) mass is 267 g/mol. The summed E-state index contributed by atoms with van der Waals surface area (Å²) >= 11 is 3.47. The summed E-state index contributed by atoms with van der Waals surface area (Å²) in [6.45, 7) is 0.845. The minimum atomic E-state index is 0.773. The van der Waals surface area contributed by atoms with Crippen molar-refractivity contribution in [2.45, 2.75) is 31.6 Å². The Morgan fingerprint density at radius 3 is 2.60 bits per heavy atom. The molecule has 2 rings (SSSR count). The van der Waals surface area contributed by atoms with Crippen molar-refractivity contribution in [3.8, 4) is 0 Å². The van der Waals surface area contributed by atoms with Crippen LogP contribution in [0.4, 0.5) is 0 Å². The fourth-order valence-electron chi connectivity index (χ4n) is 2.61. The quantitative estimate of drug-likeness (QED) is 0.889. The first-order valence-corrected chi connectivity index (χ1v) is 6.54. The molecule has 2 N–H and O–H groups in total. The molecule has 2 heteroatoms. The lowest BCUT2D eigenvalue weighted by Gasteiger charge is -2.11. The molecule has 1 saturated carbocycles. The van der Waals surface area contributed by atoms with Crippen molar-refractivity contribution in [2.75, 3.05) is 6.54 Å². The van der Waals surface area contributed by atoms with Gasteiger partial charge in [0, 0.05) is 4.47 Å². The molecule has 1 aromatic carbocycles. The average Bonchev–Trinajstić information content (AvgIpc) is 2.68. The smallest absolute Gasteiger partial charge is 0.0175 e. The third-order valence-corrected chi connectivity index (χ3v) is 3.99. The van der Waals surface area contributed by atoms with E-state index in [1.807, 2.05) is 0 Å². The number of hydrogen-bond acceptors (Lipinski definition) is 1. The standard InChI is InChI=1S/C13H18BrN/c14-13-5-3-11(4-6-13)12-2-1-10(9-12)7-8-15/h3-6,10,12H,1-2,7-9,15H2. The molecule has 2 atom stereocenters. The minimum Gasteiger partial charge on any atom is -0.330 e. The summed E-state index contributed by atoms with van der Waals surface area (Å²) in [5.74, 6) is 1.64. The summed E-state index contributed by atoms with van der Waals surface area (Å²) in [6.07, 6.45) is 5.23. The summed E-state index contributed by atoms with van der Waals surface area (Å²) in [4.78, 5) is 0. The van der Waals surface area contributed by atoms with Crippen LogP contribution in [-0.2, 0) is 0 Å². The molecule has 0 amide bonds. The van der Waals surface area contributed by atoms with Crippen molar-refractivity contribution >= 4 is 15.9 Å². The molecule has 1 aliphatic rings. The number of benzene rings is 1. The molecule has 1 fully saturated rings. The average molecular weight is 268 g/mol. The van der Waals surface area contributed by atoms with Crippen LogP contribution in [0.2, 0.25) is 0 Å². The van der Waals surface area contributed by atoms with Gasteiger partial charge in [-0.05, 0) is 61.8 Å². The highest BCUT2D eigenvalue weighted by Gasteiger charge is 2.24. The van der Waals surface area contributed by atoms with E-state index >= 15 is 0 Å². The fourth-order valence-corrected chi connectivity index (χ4v) is 2.87. The highest BCUT2D eigenvalue weighted by molar-refractivity contribution is 9.10. The topological polar surface area (TPSA) is 26.0 Å². The van der Waals surface area contributed by atoms with E-state index < -0.39 is 0 Å². The van der Waals surface area contributed by atoms with Gasteiger partial charge in [0.05, 0.1) is 0 Å². The largest absolute Gasteiger partial charge is 0.330 e. The summed E-state index contributed by atoms with van der Waals surface area (Å²) < 4.78 is 1.17. The highest BCUT2D eigenvalue weighted by atomic mass is 79.9. The van der Waals surface area contributed by atoms with Crippen LogP contribution in [0.1, 0.15) is 37.2 Å². The van der Waals surface area contributed by atoms with Crippen molar-refractivity contribution in [3.05, 3.63) is 34.3 Å². The Bertz CT molecular complexity index is 307. The van der Waals surface area contributed by atoms with Crippen LogP contribution in [0.3, 0.4) is 0 Å². The third-order valence-electron chi connectivity index (χ3n) is 3.46. The van der Waals surface area contributed by atoms with E-state index in [1.165, 1.54) is 35.7 Å². The molecule has 0 aliphatic heterocycles. The molecular formula is C13H18BrN. The van der Waals surface area contributed by atoms with Crippen LogP contribution < -0.4 is 5.73 Å². The molecule has 1 aromatic rings. The predicted molar refractivity (Wildman–Crippen MR) is 67.9 cm³/mol. The zero-order chi connectivity index (χ0) is 10.7. The molecule has 0 radical (unpaired) electrons. The molecule has 82 valence electrons. The van der Waals surface area contributed by atoms with Gasteiger partial charge in [0.1, 0.15) is 0 Å². The van der Waals surface area contributed by atoms with Gasteiger partial charge < -0.3 is 5.73 Å². The maximum atomic E-state index is 5.61. The fraction of sp³-hybridized carbons (Fsp3) is 0.538. The zero-order valence-electron chi connectivity index (χ0n) is 8.95. The molecular weight excluding hydrogens is 250 g/mol. The van der Waals surface area contributed by atoms with Crippen molar-refractivity contribution in [1.82, 2.24) is 0 Å². The van der Waals surface area contributed by atoms with E-state index in [-0.39, 0.29) is 0 Å². The Balaban J connectivity index is 1.98. The normalized spacial score (nSPS) is 25.7. The van der Waals surface area contributed by atoms with Crippen LogP contribution in [0.25, 0.3) is 0 Å². The van der Waals surface area contributed by atoms with Gasteiger partial charge in [0.15, 0.2) is 0 Å². The Hall–Kier alpha value is -0.340. The summed E-state index contributed by atoms with van der Waals surface area (Å²) in [5, 5.41) is 0. The number of nitrogens with two attached hydrogens (primary N) is 1. The van der Waals surface area contributed by atoms with Crippen molar-refractivity contribution in [2.24, 2.45) is 11.7 Å². The Labute approximate surface area is 100 Å². The number of rotatable bonds is 3.